The van der Waals surface area contributed by atoms with Gasteiger partial charge < -0.3 is 24.9 Å². The van der Waals surface area contributed by atoms with Crippen molar-refractivity contribution in [1.82, 2.24) is 5.32 Å². The van der Waals surface area contributed by atoms with Gasteiger partial charge in [-0.25, -0.2) is 4.57 Å². The standard InChI is InChI=1S/C51H103N2O7P/c1-6-8-10-12-14-16-18-20-21-22-23-24-25-26-27-28-29-30-31-32-34-36-38-40-42-44-50(55)52-48(47-60-61(57,58)59-46-45-53(3,4)5)51(56)49(54)43-41-39-37-35-33-19-17-15-13-11-9-7-2/h22-23,48-49,51,54,56H,6-21,24-47H2,1-5H3,(H-,52,55,57,58)/p+1/b23-22-. The number of phosphoric acid groups is 1. The molecular formula is C51H104N2O7P+. The Bertz CT molecular complexity index is 1020. The van der Waals surface area contributed by atoms with Gasteiger partial charge in [-0.15, -0.1) is 0 Å². The SMILES string of the molecule is CCCCCCCCCC/C=C\CCCCCCCCCCCCCCCC(=O)NC(COP(=O)(O)OCC[N+](C)(C)C)C(O)C(O)CCCCCCCCCCCCCC. The first kappa shape index (κ1) is 60.2. The summed E-state index contributed by atoms with van der Waals surface area (Å²) in [6.07, 6.45) is 47.1. The Kier molecular flexibility index (Phi) is 42.5. The average molecular weight is 888 g/mol. The summed E-state index contributed by atoms with van der Waals surface area (Å²) in [5.41, 5.74) is 0. The molecule has 0 aliphatic rings. The van der Waals surface area contributed by atoms with Gasteiger partial charge in [0.15, 0.2) is 0 Å². The van der Waals surface area contributed by atoms with Crippen molar-refractivity contribution in [3.63, 3.8) is 0 Å². The molecule has 4 atom stereocenters. The van der Waals surface area contributed by atoms with Gasteiger partial charge >= 0.3 is 7.82 Å². The number of phosphoric ester groups is 1. The number of carbonyl (C=O) groups excluding carboxylic acids is 1. The topological polar surface area (TPSA) is 125 Å². The highest BCUT2D eigenvalue weighted by Crippen LogP contribution is 2.43. The summed E-state index contributed by atoms with van der Waals surface area (Å²) in [4.78, 5) is 23.3. The number of rotatable bonds is 48. The molecule has 0 aromatic heterocycles. The minimum atomic E-state index is -4.41. The number of aliphatic hydroxyl groups is 2. The number of amides is 1. The molecule has 4 unspecified atom stereocenters. The fourth-order valence-corrected chi connectivity index (χ4v) is 8.64. The Labute approximate surface area is 378 Å². The average Bonchev–Trinajstić information content (AvgIpc) is 3.21. The zero-order valence-electron chi connectivity index (χ0n) is 41.0. The van der Waals surface area contributed by atoms with Crippen molar-refractivity contribution in [3.8, 4) is 0 Å². The van der Waals surface area contributed by atoms with Crippen LogP contribution in [-0.2, 0) is 18.4 Å². The van der Waals surface area contributed by atoms with Crippen molar-refractivity contribution < 1.29 is 38.0 Å². The van der Waals surface area contributed by atoms with E-state index in [9.17, 15) is 24.5 Å². The molecule has 61 heavy (non-hydrogen) atoms. The molecule has 0 aliphatic heterocycles. The summed E-state index contributed by atoms with van der Waals surface area (Å²) >= 11 is 0. The molecule has 9 nitrogen and oxygen atoms in total. The summed E-state index contributed by atoms with van der Waals surface area (Å²) < 4.78 is 23.6. The number of likely N-dealkylation sites (N-methyl/N-ethyl adjacent to an activating group) is 1. The third-order valence-electron chi connectivity index (χ3n) is 12.1. The predicted molar refractivity (Wildman–Crippen MR) is 260 cm³/mol. The van der Waals surface area contributed by atoms with Gasteiger partial charge in [0.05, 0.1) is 39.9 Å². The normalized spacial score (nSPS) is 14.7. The molecule has 0 heterocycles. The van der Waals surface area contributed by atoms with Crippen molar-refractivity contribution >= 4 is 13.7 Å². The maximum Gasteiger partial charge on any atom is 0.472 e. The van der Waals surface area contributed by atoms with Crippen LogP contribution in [0, 0.1) is 0 Å². The van der Waals surface area contributed by atoms with E-state index in [0.29, 0.717) is 23.9 Å². The van der Waals surface area contributed by atoms with Crippen LogP contribution in [0.4, 0.5) is 0 Å². The first-order valence-corrected chi connectivity index (χ1v) is 27.6. The third kappa shape index (κ3) is 44.2. The predicted octanol–water partition coefficient (Wildman–Crippen LogP) is 14.1. The number of carbonyl (C=O) groups is 1. The van der Waals surface area contributed by atoms with Crippen molar-refractivity contribution in [1.29, 1.82) is 0 Å². The molecule has 0 fully saturated rings. The zero-order valence-corrected chi connectivity index (χ0v) is 41.9. The summed E-state index contributed by atoms with van der Waals surface area (Å²) in [6.45, 7) is 4.63. The van der Waals surface area contributed by atoms with Crippen LogP contribution in [0.5, 0.6) is 0 Å². The molecule has 0 aromatic carbocycles. The number of aliphatic hydroxyl groups excluding tert-OH is 2. The largest absolute Gasteiger partial charge is 0.472 e. The van der Waals surface area contributed by atoms with E-state index in [1.807, 2.05) is 21.1 Å². The molecule has 0 aromatic rings. The van der Waals surface area contributed by atoms with Crippen molar-refractivity contribution in [2.24, 2.45) is 0 Å². The van der Waals surface area contributed by atoms with E-state index in [1.54, 1.807) is 0 Å². The highest BCUT2D eigenvalue weighted by atomic mass is 31.2. The number of unbranched alkanes of at least 4 members (excludes halogenated alkanes) is 32. The van der Waals surface area contributed by atoms with Crippen LogP contribution >= 0.6 is 7.82 Å². The minimum absolute atomic E-state index is 0.0242. The van der Waals surface area contributed by atoms with Gasteiger partial charge in [-0.1, -0.05) is 219 Å². The molecule has 0 rings (SSSR count). The quantitative estimate of drug-likeness (QED) is 0.0207. The van der Waals surface area contributed by atoms with Crippen LogP contribution < -0.4 is 5.32 Å². The number of nitrogens with one attached hydrogen (secondary N) is 1. The maximum absolute atomic E-state index is 13.0. The van der Waals surface area contributed by atoms with Crippen LogP contribution in [-0.4, -0.2) is 84.6 Å². The summed E-state index contributed by atoms with van der Waals surface area (Å²) in [5, 5.41) is 24.8. The number of hydrogen-bond donors (Lipinski definition) is 4. The lowest BCUT2D eigenvalue weighted by Gasteiger charge is -2.28. The fraction of sp³-hybridized carbons (Fsp3) is 0.941. The Morgan fingerprint density at radius 2 is 0.918 bits per heavy atom. The molecule has 4 N–H and O–H groups in total. The molecule has 0 radical (unpaired) electrons. The van der Waals surface area contributed by atoms with E-state index in [1.165, 1.54) is 186 Å². The van der Waals surface area contributed by atoms with Gasteiger partial charge in [0, 0.05) is 6.42 Å². The van der Waals surface area contributed by atoms with Crippen LogP contribution in [0.1, 0.15) is 251 Å². The van der Waals surface area contributed by atoms with Crippen LogP contribution in [0.2, 0.25) is 0 Å². The van der Waals surface area contributed by atoms with Gasteiger partial charge in [0.1, 0.15) is 19.3 Å². The number of nitrogens with zero attached hydrogens (tertiary/aromatic N) is 1. The van der Waals surface area contributed by atoms with Crippen LogP contribution in [0.3, 0.4) is 0 Å². The monoisotopic (exact) mass is 888 g/mol. The minimum Gasteiger partial charge on any atom is -0.390 e. The molecular weight excluding hydrogens is 784 g/mol. The van der Waals surface area contributed by atoms with Gasteiger partial charge in [0.25, 0.3) is 0 Å². The lowest BCUT2D eigenvalue weighted by atomic mass is 9.99. The molecule has 0 spiro atoms. The first-order valence-electron chi connectivity index (χ1n) is 26.1. The molecule has 0 bridgehead atoms. The second kappa shape index (κ2) is 43.1. The van der Waals surface area contributed by atoms with Gasteiger partial charge in [-0.3, -0.25) is 13.8 Å². The van der Waals surface area contributed by atoms with Crippen molar-refractivity contribution in [2.45, 2.75) is 270 Å². The highest BCUT2D eigenvalue weighted by Gasteiger charge is 2.31. The van der Waals surface area contributed by atoms with Gasteiger partial charge in [-0.2, -0.15) is 0 Å². The Hall–Kier alpha value is -0.800. The van der Waals surface area contributed by atoms with Crippen LogP contribution in [0.15, 0.2) is 12.2 Å². The molecule has 0 aliphatic carbocycles. The molecule has 0 saturated carbocycles. The fourth-order valence-electron chi connectivity index (χ4n) is 7.90. The Morgan fingerprint density at radius 1 is 0.557 bits per heavy atom. The second-order valence-electron chi connectivity index (χ2n) is 19.4. The van der Waals surface area contributed by atoms with Gasteiger partial charge in [0.2, 0.25) is 5.91 Å². The van der Waals surface area contributed by atoms with E-state index in [-0.39, 0.29) is 12.5 Å². The van der Waals surface area contributed by atoms with E-state index < -0.39 is 32.7 Å². The lowest BCUT2D eigenvalue weighted by Crippen LogP contribution is -2.51. The van der Waals surface area contributed by atoms with E-state index in [2.05, 4.69) is 31.3 Å². The Morgan fingerprint density at radius 3 is 1.31 bits per heavy atom. The number of quaternary nitrogens is 1. The molecule has 364 valence electrons. The summed E-state index contributed by atoms with van der Waals surface area (Å²) in [6, 6.07) is -1.03. The molecule has 1 amide bonds. The lowest BCUT2D eigenvalue weighted by molar-refractivity contribution is -0.870. The van der Waals surface area contributed by atoms with Crippen LogP contribution in [0.25, 0.3) is 0 Å². The number of hydrogen-bond acceptors (Lipinski definition) is 6. The summed E-state index contributed by atoms with van der Waals surface area (Å²) in [7, 11) is 1.45. The van der Waals surface area contributed by atoms with E-state index in [0.717, 1.165) is 38.5 Å². The Balaban J connectivity index is 4.23. The smallest absolute Gasteiger partial charge is 0.390 e. The highest BCUT2D eigenvalue weighted by molar-refractivity contribution is 7.47. The molecule has 10 heteroatoms. The number of allylic oxidation sites excluding steroid dienone is 2. The second-order valence-corrected chi connectivity index (χ2v) is 20.8. The first-order chi connectivity index (χ1) is 29.4. The van der Waals surface area contributed by atoms with Crippen molar-refractivity contribution in [2.75, 3.05) is 40.9 Å². The zero-order chi connectivity index (χ0) is 45.1. The van der Waals surface area contributed by atoms with E-state index in [4.69, 9.17) is 9.05 Å². The summed E-state index contributed by atoms with van der Waals surface area (Å²) in [5.74, 6) is -0.255. The van der Waals surface area contributed by atoms with Gasteiger partial charge in [-0.05, 0) is 38.5 Å². The third-order valence-corrected chi connectivity index (χ3v) is 13.1. The van der Waals surface area contributed by atoms with Crippen molar-refractivity contribution in [3.05, 3.63) is 12.2 Å². The molecule has 0 saturated heterocycles. The van der Waals surface area contributed by atoms with E-state index >= 15 is 0 Å². The maximum atomic E-state index is 13.0.